The molecule has 3 rings (SSSR count). The summed E-state index contributed by atoms with van der Waals surface area (Å²) in [6.07, 6.45) is 0. The maximum atomic E-state index is 12.3. The van der Waals surface area contributed by atoms with Crippen LogP contribution in [-0.2, 0) is 11.8 Å². The Hall–Kier alpha value is -2.31. The molecule has 0 aliphatic carbocycles. The number of carbonyl (C=O) groups is 1. The average molecular weight is 435 g/mol. The quantitative estimate of drug-likeness (QED) is 0.626. The molecule has 1 heterocycles. The van der Waals surface area contributed by atoms with Crippen molar-refractivity contribution in [2.24, 2.45) is 7.05 Å². The summed E-state index contributed by atoms with van der Waals surface area (Å²) >= 11 is 9.27. The van der Waals surface area contributed by atoms with E-state index in [0.717, 1.165) is 21.3 Å². The van der Waals surface area contributed by atoms with E-state index in [-0.39, 0.29) is 12.5 Å². The topological polar surface area (TPSA) is 56.2 Å². The van der Waals surface area contributed by atoms with Crippen LogP contribution < -0.4 is 10.1 Å². The number of benzene rings is 2. The Morgan fingerprint density at radius 3 is 2.50 bits per heavy atom. The molecule has 0 bridgehead atoms. The third-order valence-corrected chi connectivity index (χ3v) is 4.58. The van der Waals surface area contributed by atoms with Gasteiger partial charge in [-0.05, 0) is 48.9 Å². The first-order valence-electron chi connectivity index (χ1n) is 7.92. The molecular weight excluding hydrogens is 418 g/mol. The molecule has 0 aliphatic heterocycles. The van der Waals surface area contributed by atoms with E-state index in [0.29, 0.717) is 16.6 Å². The lowest BCUT2D eigenvalue weighted by Gasteiger charge is -2.10. The minimum Gasteiger partial charge on any atom is -0.484 e. The van der Waals surface area contributed by atoms with Crippen LogP contribution in [0.5, 0.6) is 5.75 Å². The number of halogens is 2. The minimum absolute atomic E-state index is 0.106. The number of nitrogens with zero attached hydrogens (tertiary/aromatic N) is 2. The van der Waals surface area contributed by atoms with Gasteiger partial charge in [-0.1, -0.05) is 39.7 Å². The Balaban J connectivity index is 1.75. The van der Waals surface area contributed by atoms with E-state index in [9.17, 15) is 4.79 Å². The monoisotopic (exact) mass is 433 g/mol. The number of rotatable bonds is 5. The molecule has 7 heteroatoms. The van der Waals surface area contributed by atoms with Crippen molar-refractivity contribution in [1.29, 1.82) is 0 Å². The Morgan fingerprint density at radius 2 is 1.85 bits per heavy atom. The fraction of sp³-hybridized carbons (Fsp3) is 0.158. The summed E-state index contributed by atoms with van der Waals surface area (Å²) < 4.78 is 8.15. The molecule has 134 valence electrons. The first kappa shape index (κ1) is 18.5. The molecule has 3 aromatic rings. The highest BCUT2D eigenvalue weighted by atomic mass is 79.9. The minimum atomic E-state index is -0.263. The van der Waals surface area contributed by atoms with Gasteiger partial charge in [-0.3, -0.25) is 9.48 Å². The SMILES string of the molecule is Cc1nn(C)c(NC(=O)COc2ccc(Cl)cc2)c1-c1ccc(Br)cc1. The summed E-state index contributed by atoms with van der Waals surface area (Å²) in [7, 11) is 1.80. The summed E-state index contributed by atoms with van der Waals surface area (Å²) in [5.41, 5.74) is 2.70. The van der Waals surface area contributed by atoms with E-state index < -0.39 is 0 Å². The van der Waals surface area contributed by atoms with Gasteiger partial charge >= 0.3 is 0 Å². The lowest BCUT2D eigenvalue weighted by molar-refractivity contribution is -0.118. The summed E-state index contributed by atoms with van der Waals surface area (Å²) in [5, 5.41) is 7.94. The maximum absolute atomic E-state index is 12.3. The van der Waals surface area contributed by atoms with Gasteiger partial charge < -0.3 is 10.1 Å². The first-order valence-corrected chi connectivity index (χ1v) is 9.09. The summed E-state index contributed by atoms with van der Waals surface area (Å²) in [6.45, 7) is 1.81. The molecule has 0 saturated carbocycles. The van der Waals surface area contributed by atoms with Gasteiger partial charge in [-0.25, -0.2) is 0 Å². The van der Waals surface area contributed by atoms with Crippen molar-refractivity contribution in [3.05, 3.63) is 63.7 Å². The number of carbonyl (C=O) groups excluding carboxylic acids is 1. The number of hydrogen-bond donors (Lipinski definition) is 1. The smallest absolute Gasteiger partial charge is 0.263 e. The Morgan fingerprint density at radius 1 is 1.19 bits per heavy atom. The second-order valence-corrected chi connectivity index (χ2v) is 7.08. The highest BCUT2D eigenvalue weighted by Crippen LogP contribution is 2.31. The second-order valence-electron chi connectivity index (χ2n) is 5.73. The number of aryl methyl sites for hydroxylation is 2. The fourth-order valence-electron chi connectivity index (χ4n) is 2.61. The third kappa shape index (κ3) is 4.26. The first-order chi connectivity index (χ1) is 12.4. The largest absolute Gasteiger partial charge is 0.484 e. The molecule has 26 heavy (non-hydrogen) atoms. The van der Waals surface area contributed by atoms with E-state index in [1.165, 1.54) is 0 Å². The molecule has 2 aromatic carbocycles. The third-order valence-electron chi connectivity index (χ3n) is 3.80. The zero-order valence-electron chi connectivity index (χ0n) is 14.3. The van der Waals surface area contributed by atoms with Crippen LogP contribution in [0.1, 0.15) is 5.69 Å². The van der Waals surface area contributed by atoms with E-state index in [2.05, 4.69) is 26.3 Å². The molecule has 0 fully saturated rings. The number of hydrogen-bond acceptors (Lipinski definition) is 3. The van der Waals surface area contributed by atoms with Crippen LogP contribution >= 0.6 is 27.5 Å². The van der Waals surface area contributed by atoms with Gasteiger partial charge in [0.1, 0.15) is 11.6 Å². The van der Waals surface area contributed by atoms with Gasteiger partial charge in [0.2, 0.25) is 0 Å². The molecule has 0 atom stereocenters. The highest BCUT2D eigenvalue weighted by Gasteiger charge is 2.17. The van der Waals surface area contributed by atoms with Crippen LogP contribution in [0.2, 0.25) is 5.02 Å². The Kier molecular flexibility index (Phi) is 5.64. The van der Waals surface area contributed by atoms with Crippen LogP contribution in [0.15, 0.2) is 53.0 Å². The molecule has 1 N–H and O–H groups in total. The molecule has 0 spiro atoms. The van der Waals surface area contributed by atoms with Gasteiger partial charge in [-0.15, -0.1) is 0 Å². The van der Waals surface area contributed by atoms with E-state index >= 15 is 0 Å². The van der Waals surface area contributed by atoms with Crippen molar-refractivity contribution in [2.75, 3.05) is 11.9 Å². The Bertz CT molecular complexity index is 921. The zero-order valence-corrected chi connectivity index (χ0v) is 16.6. The van der Waals surface area contributed by atoms with Gasteiger partial charge in [0.25, 0.3) is 5.91 Å². The van der Waals surface area contributed by atoms with Crippen LogP contribution in [0.3, 0.4) is 0 Å². The molecule has 5 nitrogen and oxygen atoms in total. The van der Waals surface area contributed by atoms with Gasteiger partial charge in [-0.2, -0.15) is 5.10 Å². The number of anilines is 1. The molecule has 1 amide bonds. The number of aromatic nitrogens is 2. The number of amides is 1. The Labute approximate surface area is 165 Å². The second kappa shape index (κ2) is 7.93. The average Bonchev–Trinajstić information content (AvgIpc) is 2.89. The summed E-state index contributed by atoms with van der Waals surface area (Å²) in [4.78, 5) is 12.3. The van der Waals surface area contributed by atoms with E-state index in [1.807, 2.05) is 31.2 Å². The predicted molar refractivity (Wildman–Crippen MR) is 107 cm³/mol. The highest BCUT2D eigenvalue weighted by molar-refractivity contribution is 9.10. The number of nitrogens with one attached hydrogen (secondary N) is 1. The standard InChI is InChI=1S/C19H17BrClN3O2/c1-12-18(13-3-5-14(20)6-4-13)19(24(2)23-12)22-17(25)11-26-16-9-7-15(21)8-10-16/h3-10H,11H2,1-2H3,(H,22,25). The maximum Gasteiger partial charge on any atom is 0.263 e. The number of ether oxygens (including phenoxy) is 1. The predicted octanol–water partition coefficient (Wildman–Crippen LogP) is 4.83. The van der Waals surface area contributed by atoms with Crippen LogP contribution in [-0.4, -0.2) is 22.3 Å². The van der Waals surface area contributed by atoms with Crippen LogP contribution in [0.4, 0.5) is 5.82 Å². The molecule has 0 unspecified atom stereocenters. The molecule has 0 saturated heterocycles. The normalized spacial score (nSPS) is 10.6. The van der Waals surface area contributed by atoms with Gasteiger partial charge in [0.05, 0.1) is 5.69 Å². The van der Waals surface area contributed by atoms with Crippen LogP contribution in [0.25, 0.3) is 11.1 Å². The molecular formula is C19H17BrClN3O2. The van der Waals surface area contributed by atoms with Crippen molar-refractivity contribution in [3.8, 4) is 16.9 Å². The van der Waals surface area contributed by atoms with Crippen molar-refractivity contribution in [2.45, 2.75) is 6.92 Å². The van der Waals surface area contributed by atoms with Crippen LogP contribution in [0, 0.1) is 6.92 Å². The zero-order chi connectivity index (χ0) is 18.7. The van der Waals surface area contributed by atoms with Gasteiger partial charge in [0, 0.05) is 22.1 Å². The van der Waals surface area contributed by atoms with Crippen molar-refractivity contribution < 1.29 is 9.53 Å². The van der Waals surface area contributed by atoms with Crippen molar-refractivity contribution in [3.63, 3.8) is 0 Å². The summed E-state index contributed by atoms with van der Waals surface area (Å²) in [5.74, 6) is 0.953. The molecule has 0 aliphatic rings. The summed E-state index contributed by atoms with van der Waals surface area (Å²) in [6, 6.07) is 14.7. The fourth-order valence-corrected chi connectivity index (χ4v) is 3.00. The van der Waals surface area contributed by atoms with Crippen molar-refractivity contribution >= 4 is 39.3 Å². The van der Waals surface area contributed by atoms with Gasteiger partial charge in [0.15, 0.2) is 6.61 Å². The van der Waals surface area contributed by atoms with Crippen molar-refractivity contribution in [1.82, 2.24) is 9.78 Å². The molecule has 1 aromatic heterocycles. The lowest BCUT2D eigenvalue weighted by atomic mass is 10.1. The lowest BCUT2D eigenvalue weighted by Crippen LogP contribution is -2.22. The van der Waals surface area contributed by atoms with E-state index in [4.69, 9.17) is 16.3 Å². The molecule has 0 radical (unpaired) electrons. The van der Waals surface area contributed by atoms with E-state index in [1.54, 1.807) is 36.0 Å².